The number of hydrogen-bond acceptors (Lipinski definition) is 4. The molecule has 0 aliphatic rings. The van der Waals surface area contributed by atoms with Crippen molar-refractivity contribution in [2.75, 3.05) is 18.5 Å². The quantitative estimate of drug-likeness (QED) is 0.603. The standard InChI is InChI=1S/C11H14BrN3O2/c1-2-6-15-11(17)10(12)9(8-14-15)13-5-3-4-7-16/h1,8,13,16H,3-7H2. The Balaban J connectivity index is 2.72. The lowest BCUT2D eigenvalue weighted by molar-refractivity contribution is 0.286. The Kier molecular flexibility index (Phi) is 5.73. The summed E-state index contributed by atoms with van der Waals surface area (Å²) in [6, 6.07) is 0. The molecule has 0 bridgehead atoms. The summed E-state index contributed by atoms with van der Waals surface area (Å²) in [5.74, 6) is 2.36. The first-order valence-electron chi connectivity index (χ1n) is 5.24. The van der Waals surface area contributed by atoms with Crippen molar-refractivity contribution >= 4 is 21.6 Å². The number of aromatic nitrogens is 2. The van der Waals surface area contributed by atoms with Gasteiger partial charge in [0.25, 0.3) is 5.56 Å². The van der Waals surface area contributed by atoms with Gasteiger partial charge in [-0.15, -0.1) is 6.42 Å². The van der Waals surface area contributed by atoms with E-state index in [0.717, 1.165) is 12.8 Å². The van der Waals surface area contributed by atoms with Gasteiger partial charge in [0.05, 0.1) is 11.9 Å². The van der Waals surface area contributed by atoms with Gasteiger partial charge in [0.2, 0.25) is 0 Å². The second-order valence-electron chi connectivity index (χ2n) is 3.40. The number of hydrogen-bond donors (Lipinski definition) is 2. The lowest BCUT2D eigenvalue weighted by atomic mass is 10.3. The van der Waals surface area contributed by atoms with E-state index in [0.29, 0.717) is 16.7 Å². The van der Waals surface area contributed by atoms with Crippen LogP contribution < -0.4 is 10.9 Å². The molecular weight excluding hydrogens is 286 g/mol. The first-order chi connectivity index (χ1) is 8.20. The summed E-state index contributed by atoms with van der Waals surface area (Å²) < 4.78 is 1.63. The summed E-state index contributed by atoms with van der Waals surface area (Å²) in [5, 5.41) is 15.7. The minimum Gasteiger partial charge on any atom is -0.396 e. The van der Waals surface area contributed by atoms with E-state index in [4.69, 9.17) is 11.5 Å². The monoisotopic (exact) mass is 299 g/mol. The number of unbranched alkanes of at least 4 members (excludes halogenated alkanes) is 1. The van der Waals surface area contributed by atoms with E-state index in [1.807, 2.05) is 0 Å². The molecule has 0 aromatic carbocycles. The van der Waals surface area contributed by atoms with Crippen LogP contribution in [-0.4, -0.2) is 28.0 Å². The van der Waals surface area contributed by atoms with Gasteiger partial charge in [0.1, 0.15) is 11.0 Å². The molecule has 1 heterocycles. The predicted octanol–water partition coefficient (Wildman–Crippen LogP) is 0.823. The topological polar surface area (TPSA) is 67.2 Å². The third kappa shape index (κ3) is 3.88. The minimum atomic E-state index is -0.255. The first kappa shape index (κ1) is 13.7. The maximum atomic E-state index is 11.7. The van der Waals surface area contributed by atoms with Crippen molar-refractivity contribution in [3.05, 3.63) is 21.0 Å². The van der Waals surface area contributed by atoms with E-state index < -0.39 is 0 Å². The summed E-state index contributed by atoms with van der Waals surface area (Å²) in [4.78, 5) is 11.7. The van der Waals surface area contributed by atoms with Gasteiger partial charge in [-0.2, -0.15) is 5.10 Å². The maximum Gasteiger partial charge on any atom is 0.284 e. The molecule has 0 radical (unpaired) electrons. The van der Waals surface area contributed by atoms with Crippen molar-refractivity contribution in [3.63, 3.8) is 0 Å². The molecule has 0 atom stereocenters. The fourth-order valence-electron chi connectivity index (χ4n) is 1.25. The van der Waals surface area contributed by atoms with Crippen LogP contribution in [0.4, 0.5) is 5.69 Å². The highest BCUT2D eigenvalue weighted by Crippen LogP contribution is 2.15. The van der Waals surface area contributed by atoms with Crippen LogP contribution in [0.25, 0.3) is 0 Å². The zero-order valence-corrected chi connectivity index (χ0v) is 10.9. The third-order valence-electron chi connectivity index (χ3n) is 2.13. The molecule has 92 valence electrons. The van der Waals surface area contributed by atoms with Crippen LogP contribution in [-0.2, 0) is 6.54 Å². The van der Waals surface area contributed by atoms with Crippen LogP contribution >= 0.6 is 15.9 Å². The molecule has 1 aromatic heterocycles. The summed E-state index contributed by atoms with van der Waals surface area (Å²) in [5.41, 5.74) is 0.385. The number of nitrogens with zero attached hydrogens (tertiary/aromatic N) is 2. The molecule has 0 fully saturated rings. The van der Waals surface area contributed by atoms with Crippen LogP contribution in [0.5, 0.6) is 0 Å². The predicted molar refractivity (Wildman–Crippen MR) is 69.8 cm³/mol. The minimum absolute atomic E-state index is 0.155. The summed E-state index contributed by atoms with van der Waals surface area (Å²) in [7, 11) is 0. The third-order valence-corrected chi connectivity index (χ3v) is 2.89. The molecule has 0 saturated carbocycles. The molecule has 0 amide bonds. The van der Waals surface area contributed by atoms with Crippen molar-refractivity contribution in [2.24, 2.45) is 0 Å². The molecule has 1 rings (SSSR count). The molecule has 6 heteroatoms. The lowest BCUT2D eigenvalue weighted by Crippen LogP contribution is -2.24. The molecule has 0 saturated heterocycles. The van der Waals surface area contributed by atoms with Gasteiger partial charge in [-0.3, -0.25) is 4.79 Å². The van der Waals surface area contributed by atoms with Crippen LogP contribution in [0.2, 0.25) is 0 Å². The van der Waals surface area contributed by atoms with Gasteiger partial charge in [0.15, 0.2) is 0 Å². The van der Waals surface area contributed by atoms with E-state index in [1.54, 1.807) is 6.20 Å². The number of aliphatic hydroxyl groups is 1. The fraction of sp³-hybridized carbons (Fsp3) is 0.455. The average molecular weight is 300 g/mol. The van der Waals surface area contributed by atoms with Gasteiger partial charge >= 0.3 is 0 Å². The van der Waals surface area contributed by atoms with Crippen LogP contribution in [0, 0.1) is 12.3 Å². The molecule has 1 aromatic rings. The number of terminal acetylenes is 1. The summed E-state index contributed by atoms with van der Waals surface area (Å²) in [6.45, 7) is 1.01. The van der Waals surface area contributed by atoms with Crippen LogP contribution in [0.15, 0.2) is 15.5 Å². The van der Waals surface area contributed by atoms with Crippen molar-refractivity contribution in [1.82, 2.24) is 9.78 Å². The Bertz CT molecular complexity index is 465. The molecule has 0 unspecified atom stereocenters. The largest absolute Gasteiger partial charge is 0.396 e. The van der Waals surface area contributed by atoms with E-state index in [2.05, 4.69) is 32.3 Å². The Morgan fingerprint density at radius 3 is 3.00 bits per heavy atom. The molecule has 17 heavy (non-hydrogen) atoms. The average Bonchev–Trinajstić information content (AvgIpc) is 2.33. The normalized spacial score (nSPS) is 9.94. The molecule has 5 nitrogen and oxygen atoms in total. The van der Waals surface area contributed by atoms with Gasteiger partial charge in [-0.25, -0.2) is 4.68 Å². The number of anilines is 1. The number of aliphatic hydroxyl groups excluding tert-OH is 1. The number of rotatable bonds is 6. The van der Waals surface area contributed by atoms with E-state index in [9.17, 15) is 4.79 Å². The summed E-state index contributed by atoms with van der Waals surface area (Å²) >= 11 is 3.22. The fourth-order valence-corrected chi connectivity index (χ4v) is 1.69. The van der Waals surface area contributed by atoms with Crippen LogP contribution in [0.3, 0.4) is 0 Å². The van der Waals surface area contributed by atoms with E-state index in [-0.39, 0.29) is 18.7 Å². The zero-order valence-electron chi connectivity index (χ0n) is 9.32. The zero-order chi connectivity index (χ0) is 12.7. The number of nitrogens with one attached hydrogen (secondary N) is 1. The van der Waals surface area contributed by atoms with Crippen molar-refractivity contribution in [2.45, 2.75) is 19.4 Å². The molecule has 0 aliphatic carbocycles. The second kappa shape index (κ2) is 7.09. The number of halogens is 1. The van der Waals surface area contributed by atoms with Crippen LogP contribution in [0.1, 0.15) is 12.8 Å². The Morgan fingerprint density at radius 1 is 1.59 bits per heavy atom. The van der Waals surface area contributed by atoms with Gasteiger partial charge in [0, 0.05) is 13.2 Å². The SMILES string of the molecule is C#CCn1ncc(NCCCCO)c(Br)c1=O. The van der Waals surface area contributed by atoms with E-state index >= 15 is 0 Å². The highest BCUT2D eigenvalue weighted by molar-refractivity contribution is 9.10. The van der Waals surface area contributed by atoms with Gasteiger partial charge in [-0.05, 0) is 28.8 Å². The van der Waals surface area contributed by atoms with Crippen molar-refractivity contribution in [1.29, 1.82) is 0 Å². The van der Waals surface area contributed by atoms with Crippen molar-refractivity contribution in [3.8, 4) is 12.3 Å². The first-order valence-corrected chi connectivity index (χ1v) is 6.03. The highest BCUT2D eigenvalue weighted by Gasteiger charge is 2.07. The summed E-state index contributed by atoms with van der Waals surface area (Å²) in [6.07, 6.45) is 8.24. The van der Waals surface area contributed by atoms with E-state index in [1.165, 1.54) is 4.68 Å². The Labute approximate surface area is 108 Å². The Morgan fingerprint density at radius 2 is 2.35 bits per heavy atom. The molecular formula is C11H14BrN3O2. The Hall–Kier alpha value is -1.32. The maximum absolute atomic E-state index is 11.7. The smallest absolute Gasteiger partial charge is 0.284 e. The van der Waals surface area contributed by atoms with Crippen molar-refractivity contribution < 1.29 is 5.11 Å². The molecule has 0 spiro atoms. The van der Waals surface area contributed by atoms with Gasteiger partial charge < -0.3 is 10.4 Å². The molecule has 2 N–H and O–H groups in total. The second-order valence-corrected chi connectivity index (χ2v) is 4.19. The molecule has 0 aliphatic heterocycles. The van der Waals surface area contributed by atoms with Gasteiger partial charge in [-0.1, -0.05) is 5.92 Å². The lowest BCUT2D eigenvalue weighted by Gasteiger charge is -2.08. The highest BCUT2D eigenvalue weighted by atomic mass is 79.9.